The topological polar surface area (TPSA) is 109 Å². The Balaban J connectivity index is 2.42. The highest BCUT2D eigenvalue weighted by molar-refractivity contribution is 5.66. The Morgan fingerprint density at radius 2 is 2.43 bits per heavy atom. The maximum Gasteiger partial charge on any atom is 0.329 e. The minimum absolute atomic E-state index is 0.0313. The molecule has 1 aromatic heterocycles. The van der Waals surface area contributed by atoms with Gasteiger partial charge < -0.3 is 10.6 Å². The zero-order chi connectivity index (χ0) is 15.4. The second-order valence-corrected chi connectivity index (χ2v) is 5.28. The van der Waals surface area contributed by atoms with Gasteiger partial charge in [0.2, 0.25) is 5.82 Å². The second kappa shape index (κ2) is 6.50. The normalized spacial score (nSPS) is 21.9. The van der Waals surface area contributed by atoms with Crippen molar-refractivity contribution in [3.63, 3.8) is 0 Å². The number of nitriles is 1. The summed E-state index contributed by atoms with van der Waals surface area (Å²) in [5, 5.41) is 20.4. The molecule has 1 aromatic rings. The Morgan fingerprint density at radius 1 is 1.67 bits per heavy atom. The van der Waals surface area contributed by atoms with E-state index in [0.29, 0.717) is 19.0 Å². The lowest BCUT2D eigenvalue weighted by molar-refractivity contribution is -0.384. The third-order valence-corrected chi connectivity index (χ3v) is 4.15. The third kappa shape index (κ3) is 2.95. The fourth-order valence-electron chi connectivity index (χ4n) is 2.93. The van der Waals surface area contributed by atoms with E-state index in [2.05, 4.69) is 11.9 Å². The first-order valence-electron chi connectivity index (χ1n) is 7.12. The summed E-state index contributed by atoms with van der Waals surface area (Å²) in [6.45, 7) is 3.25. The molecule has 2 heterocycles. The molecule has 21 heavy (non-hydrogen) atoms. The monoisotopic (exact) mass is 289 g/mol. The van der Waals surface area contributed by atoms with Gasteiger partial charge in [0, 0.05) is 25.3 Å². The molecule has 0 saturated carbocycles. The molecule has 7 nitrogen and oxygen atoms in total. The first-order valence-corrected chi connectivity index (χ1v) is 7.12. The van der Waals surface area contributed by atoms with E-state index in [-0.39, 0.29) is 23.1 Å². The molecule has 7 heteroatoms. The molecule has 0 spiro atoms. The molecule has 2 rings (SSSR count). The van der Waals surface area contributed by atoms with Gasteiger partial charge in [0.1, 0.15) is 11.6 Å². The van der Waals surface area contributed by atoms with Gasteiger partial charge >= 0.3 is 5.69 Å². The minimum Gasteiger partial charge on any atom is -0.347 e. The molecule has 2 unspecified atom stereocenters. The van der Waals surface area contributed by atoms with E-state index in [1.807, 2.05) is 11.0 Å². The Hall–Kier alpha value is -2.20. The Morgan fingerprint density at radius 3 is 3.00 bits per heavy atom. The lowest BCUT2D eigenvalue weighted by Crippen LogP contribution is -2.47. The van der Waals surface area contributed by atoms with Crippen LogP contribution in [0.25, 0.3) is 0 Å². The number of pyridine rings is 1. The van der Waals surface area contributed by atoms with Gasteiger partial charge in [-0.3, -0.25) is 10.1 Å². The Labute approximate surface area is 123 Å². The molecule has 1 fully saturated rings. The summed E-state index contributed by atoms with van der Waals surface area (Å²) >= 11 is 0. The van der Waals surface area contributed by atoms with Crippen LogP contribution in [0.1, 0.15) is 31.7 Å². The highest BCUT2D eigenvalue weighted by Gasteiger charge is 2.33. The molecule has 0 radical (unpaired) electrons. The number of anilines is 1. The number of aromatic nitrogens is 1. The first kappa shape index (κ1) is 15.2. The molecule has 0 bridgehead atoms. The van der Waals surface area contributed by atoms with Crippen LogP contribution in [-0.2, 0) is 0 Å². The molecule has 112 valence electrons. The predicted octanol–water partition coefficient (Wildman–Crippen LogP) is 1.82. The van der Waals surface area contributed by atoms with E-state index in [0.717, 1.165) is 19.3 Å². The Kier molecular flexibility index (Phi) is 4.70. The van der Waals surface area contributed by atoms with Gasteiger partial charge in [0.05, 0.1) is 4.92 Å². The number of nitrogens with zero attached hydrogens (tertiary/aromatic N) is 4. The van der Waals surface area contributed by atoms with E-state index < -0.39 is 4.92 Å². The van der Waals surface area contributed by atoms with E-state index in [4.69, 9.17) is 11.0 Å². The summed E-state index contributed by atoms with van der Waals surface area (Å²) < 4.78 is 0. The summed E-state index contributed by atoms with van der Waals surface area (Å²) in [6, 6.07) is 3.27. The molecule has 2 N–H and O–H groups in total. The number of rotatable bonds is 4. The highest BCUT2D eigenvalue weighted by Crippen LogP contribution is 2.35. The number of nitro groups is 1. The molecule has 0 amide bonds. The van der Waals surface area contributed by atoms with Gasteiger partial charge in [-0.1, -0.05) is 13.3 Å². The van der Waals surface area contributed by atoms with E-state index >= 15 is 0 Å². The van der Waals surface area contributed by atoms with E-state index in [1.165, 1.54) is 12.3 Å². The second-order valence-electron chi connectivity index (χ2n) is 5.28. The van der Waals surface area contributed by atoms with Crippen LogP contribution in [-0.4, -0.2) is 29.0 Å². The molecule has 1 aliphatic rings. The van der Waals surface area contributed by atoms with Crippen LogP contribution >= 0.6 is 0 Å². The van der Waals surface area contributed by atoms with Gasteiger partial charge in [-0.15, -0.1) is 0 Å². The van der Waals surface area contributed by atoms with Gasteiger partial charge in [0.15, 0.2) is 0 Å². The first-order chi connectivity index (χ1) is 10.1. The average molecular weight is 289 g/mol. The smallest absolute Gasteiger partial charge is 0.329 e. The molecular formula is C14H19N5O2. The van der Waals surface area contributed by atoms with Gasteiger partial charge in [-0.25, -0.2) is 4.98 Å². The third-order valence-electron chi connectivity index (χ3n) is 4.15. The molecular weight excluding hydrogens is 270 g/mol. The van der Waals surface area contributed by atoms with Crippen molar-refractivity contribution in [2.75, 3.05) is 18.0 Å². The van der Waals surface area contributed by atoms with Crippen molar-refractivity contribution in [3.8, 4) is 6.07 Å². The van der Waals surface area contributed by atoms with Gasteiger partial charge in [-0.05, 0) is 24.8 Å². The largest absolute Gasteiger partial charge is 0.347 e. The van der Waals surface area contributed by atoms with Crippen molar-refractivity contribution < 1.29 is 4.92 Å². The maximum absolute atomic E-state index is 11.3. The summed E-state index contributed by atoms with van der Waals surface area (Å²) in [5.74, 6) is 0.858. The van der Waals surface area contributed by atoms with Gasteiger partial charge in [-0.2, -0.15) is 5.26 Å². The van der Waals surface area contributed by atoms with E-state index in [1.54, 1.807) is 0 Å². The summed E-state index contributed by atoms with van der Waals surface area (Å²) in [5.41, 5.74) is 5.67. The van der Waals surface area contributed by atoms with Crippen LogP contribution in [0.3, 0.4) is 0 Å². The van der Waals surface area contributed by atoms with Crippen LogP contribution in [0.15, 0.2) is 12.3 Å². The van der Waals surface area contributed by atoms with Gasteiger partial charge in [0.25, 0.3) is 0 Å². The van der Waals surface area contributed by atoms with Crippen molar-refractivity contribution >= 4 is 11.5 Å². The lowest BCUT2D eigenvalue weighted by Gasteiger charge is -2.39. The quantitative estimate of drug-likeness (QED) is 0.668. The van der Waals surface area contributed by atoms with Crippen LogP contribution in [0.2, 0.25) is 0 Å². The van der Waals surface area contributed by atoms with Crippen LogP contribution in [0.4, 0.5) is 11.5 Å². The molecule has 1 aliphatic heterocycles. The van der Waals surface area contributed by atoms with Crippen LogP contribution in [0, 0.1) is 27.4 Å². The predicted molar refractivity (Wildman–Crippen MR) is 78.8 cm³/mol. The lowest BCUT2D eigenvalue weighted by atomic mass is 9.88. The van der Waals surface area contributed by atoms with Crippen LogP contribution in [0.5, 0.6) is 0 Å². The van der Waals surface area contributed by atoms with Crippen molar-refractivity contribution in [2.24, 2.45) is 11.7 Å². The number of piperidine rings is 1. The standard InChI is InChI=1S/C14H19N5O2/c1-2-10-4-6-18(12(7-10)9-16)14-13(19(20)21)11(8-15)3-5-17-14/h3,5,10,12H,2,4,6-7,9,16H2,1H3. The van der Waals surface area contributed by atoms with Crippen molar-refractivity contribution in [1.29, 1.82) is 5.26 Å². The van der Waals surface area contributed by atoms with Crippen LogP contribution < -0.4 is 10.6 Å². The van der Waals surface area contributed by atoms with Crippen molar-refractivity contribution in [3.05, 3.63) is 27.9 Å². The average Bonchev–Trinajstić information content (AvgIpc) is 2.53. The fraction of sp³-hybridized carbons (Fsp3) is 0.571. The molecule has 0 aromatic carbocycles. The Bertz CT molecular complexity index is 569. The van der Waals surface area contributed by atoms with E-state index in [9.17, 15) is 10.1 Å². The van der Waals surface area contributed by atoms with Crippen molar-refractivity contribution in [2.45, 2.75) is 32.2 Å². The minimum atomic E-state index is -0.527. The summed E-state index contributed by atoms with van der Waals surface area (Å²) in [6.07, 6.45) is 4.39. The molecule has 1 saturated heterocycles. The number of hydrogen-bond donors (Lipinski definition) is 1. The molecule has 0 aliphatic carbocycles. The maximum atomic E-state index is 11.3. The molecule has 2 atom stereocenters. The number of hydrogen-bond acceptors (Lipinski definition) is 6. The summed E-state index contributed by atoms with van der Waals surface area (Å²) in [4.78, 5) is 16.8. The zero-order valence-corrected chi connectivity index (χ0v) is 12.0. The number of nitrogens with two attached hydrogens (primary N) is 1. The SMILES string of the molecule is CCC1CCN(c2nccc(C#N)c2[N+](=O)[O-])C(CN)C1. The zero-order valence-electron chi connectivity index (χ0n) is 12.0. The highest BCUT2D eigenvalue weighted by atomic mass is 16.6. The van der Waals surface area contributed by atoms with Crippen molar-refractivity contribution in [1.82, 2.24) is 4.98 Å². The fourth-order valence-corrected chi connectivity index (χ4v) is 2.93. The summed E-state index contributed by atoms with van der Waals surface area (Å²) in [7, 11) is 0.